The van der Waals surface area contributed by atoms with Gasteiger partial charge in [-0.05, 0) is 34.5 Å². The summed E-state index contributed by atoms with van der Waals surface area (Å²) in [6.07, 6.45) is 1.54. The normalized spacial score (nSPS) is 10.6. The van der Waals surface area contributed by atoms with Crippen molar-refractivity contribution in [2.45, 2.75) is 6.54 Å². The Bertz CT molecular complexity index is 832. The Labute approximate surface area is 134 Å². The Hall–Kier alpha value is -2.39. The average Bonchev–Trinajstić information content (AvgIpc) is 2.54. The van der Waals surface area contributed by atoms with Crippen molar-refractivity contribution in [1.29, 1.82) is 0 Å². The van der Waals surface area contributed by atoms with Gasteiger partial charge in [0, 0.05) is 25.4 Å². The van der Waals surface area contributed by atoms with Crippen molar-refractivity contribution in [3.8, 4) is 0 Å². The number of hydrogen-bond donors (Lipinski definition) is 0. The molecule has 4 heteroatoms. The van der Waals surface area contributed by atoms with Gasteiger partial charge in [-0.25, -0.2) is 4.98 Å². The molecule has 1 aromatic heterocycles. The van der Waals surface area contributed by atoms with E-state index >= 15 is 0 Å². The first-order chi connectivity index (χ1) is 10.6. The number of benzene rings is 2. The zero-order valence-electron chi connectivity index (χ0n) is 12.2. The fourth-order valence-electron chi connectivity index (χ4n) is 2.44. The Balaban J connectivity index is 1.80. The molecular formula is C18H15ClN2O. The predicted octanol–water partition coefficient (Wildman–Crippen LogP) is 4.16. The standard InChI is InChI=1S/C18H15ClN2O/c1-21(18(22)16-8-9-20-17(19)11-16)12-13-6-7-14-4-2-3-5-15(14)10-13/h2-11H,12H2,1H3. The molecule has 22 heavy (non-hydrogen) atoms. The van der Waals surface area contributed by atoms with E-state index in [2.05, 4.69) is 29.2 Å². The van der Waals surface area contributed by atoms with Gasteiger partial charge >= 0.3 is 0 Å². The number of nitrogens with zero attached hydrogens (tertiary/aromatic N) is 2. The molecule has 0 atom stereocenters. The Morgan fingerprint density at radius 2 is 1.86 bits per heavy atom. The summed E-state index contributed by atoms with van der Waals surface area (Å²) in [6.45, 7) is 0.545. The van der Waals surface area contributed by atoms with Crippen LogP contribution in [0.1, 0.15) is 15.9 Å². The third-order valence-corrected chi connectivity index (χ3v) is 3.76. The van der Waals surface area contributed by atoms with E-state index in [0.717, 1.165) is 5.56 Å². The van der Waals surface area contributed by atoms with Crippen LogP contribution in [-0.4, -0.2) is 22.8 Å². The number of fused-ring (bicyclic) bond motifs is 1. The Morgan fingerprint density at radius 3 is 2.64 bits per heavy atom. The highest BCUT2D eigenvalue weighted by molar-refractivity contribution is 6.29. The molecule has 0 radical (unpaired) electrons. The van der Waals surface area contributed by atoms with Gasteiger partial charge in [-0.3, -0.25) is 4.79 Å². The zero-order valence-corrected chi connectivity index (χ0v) is 12.9. The van der Waals surface area contributed by atoms with Gasteiger partial charge in [0.05, 0.1) is 0 Å². The SMILES string of the molecule is CN(Cc1ccc2ccccc2c1)C(=O)c1ccnc(Cl)c1. The monoisotopic (exact) mass is 310 g/mol. The fraction of sp³-hybridized carbons (Fsp3) is 0.111. The second kappa shape index (κ2) is 6.16. The summed E-state index contributed by atoms with van der Waals surface area (Å²) >= 11 is 5.84. The van der Waals surface area contributed by atoms with Crippen LogP contribution in [0.2, 0.25) is 5.15 Å². The molecule has 0 N–H and O–H groups in total. The first kappa shape index (κ1) is 14.5. The van der Waals surface area contributed by atoms with E-state index in [4.69, 9.17) is 11.6 Å². The van der Waals surface area contributed by atoms with Gasteiger partial charge in [0.25, 0.3) is 5.91 Å². The van der Waals surface area contributed by atoms with Crippen LogP contribution >= 0.6 is 11.6 Å². The number of aromatic nitrogens is 1. The first-order valence-corrected chi connectivity index (χ1v) is 7.36. The lowest BCUT2D eigenvalue weighted by atomic mass is 10.1. The van der Waals surface area contributed by atoms with Gasteiger partial charge in [-0.1, -0.05) is 48.0 Å². The smallest absolute Gasteiger partial charge is 0.254 e. The van der Waals surface area contributed by atoms with Crippen LogP contribution in [0.4, 0.5) is 0 Å². The van der Waals surface area contributed by atoms with Crippen LogP contribution in [0.15, 0.2) is 60.8 Å². The first-order valence-electron chi connectivity index (χ1n) is 6.98. The number of carbonyl (C=O) groups is 1. The summed E-state index contributed by atoms with van der Waals surface area (Å²) in [6, 6.07) is 17.7. The maximum Gasteiger partial charge on any atom is 0.254 e. The molecule has 0 saturated heterocycles. The molecule has 110 valence electrons. The molecule has 1 heterocycles. The molecule has 3 rings (SSSR count). The van der Waals surface area contributed by atoms with Gasteiger partial charge in [0.2, 0.25) is 0 Å². The third-order valence-electron chi connectivity index (χ3n) is 3.55. The minimum atomic E-state index is -0.0718. The number of rotatable bonds is 3. The van der Waals surface area contributed by atoms with E-state index in [1.54, 1.807) is 30.3 Å². The van der Waals surface area contributed by atoms with E-state index in [-0.39, 0.29) is 5.91 Å². The average molecular weight is 311 g/mol. The Morgan fingerprint density at radius 1 is 1.09 bits per heavy atom. The highest BCUT2D eigenvalue weighted by atomic mass is 35.5. The lowest BCUT2D eigenvalue weighted by Crippen LogP contribution is -2.26. The van der Waals surface area contributed by atoms with Crippen molar-refractivity contribution >= 4 is 28.3 Å². The van der Waals surface area contributed by atoms with E-state index < -0.39 is 0 Å². The maximum absolute atomic E-state index is 12.4. The van der Waals surface area contributed by atoms with Crippen molar-refractivity contribution in [3.63, 3.8) is 0 Å². The second-order valence-electron chi connectivity index (χ2n) is 5.21. The van der Waals surface area contributed by atoms with Crippen LogP contribution in [0.5, 0.6) is 0 Å². The molecular weight excluding hydrogens is 296 g/mol. The van der Waals surface area contributed by atoms with Crippen LogP contribution in [0.25, 0.3) is 10.8 Å². The van der Waals surface area contributed by atoms with Crippen molar-refractivity contribution in [2.24, 2.45) is 0 Å². The van der Waals surface area contributed by atoms with E-state index in [0.29, 0.717) is 17.3 Å². The topological polar surface area (TPSA) is 33.2 Å². The summed E-state index contributed by atoms with van der Waals surface area (Å²) in [5.74, 6) is -0.0718. The summed E-state index contributed by atoms with van der Waals surface area (Å²) in [5.41, 5.74) is 1.64. The minimum Gasteiger partial charge on any atom is -0.337 e. The van der Waals surface area contributed by atoms with Crippen LogP contribution < -0.4 is 0 Å². The molecule has 0 aliphatic carbocycles. The third kappa shape index (κ3) is 3.10. The molecule has 0 bridgehead atoms. The predicted molar refractivity (Wildman–Crippen MR) is 89.0 cm³/mol. The highest BCUT2D eigenvalue weighted by Crippen LogP contribution is 2.17. The summed E-state index contributed by atoms with van der Waals surface area (Å²) in [7, 11) is 1.78. The van der Waals surface area contributed by atoms with E-state index in [9.17, 15) is 4.79 Å². The molecule has 3 nitrogen and oxygen atoms in total. The number of hydrogen-bond acceptors (Lipinski definition) is 2. The Kier molecular flexibility index (Phi) is 4.07. The highest BCUT2D eigenvalue weighted by Gasteiger charge is 2.12. The maximum atomic E-state index is 12.4. The molecule has 0 fully saturated rings. The lowest BCUT2D eigenvalue weighted by molar-refractivity contribution is 0.0785. The number of halogens is 1. The molecule has 0 aliphatic rings. The molecule has 0 spiro atoms. The van der Waals surface area contributed by atoms with Crippen molar-refractivity contribution < 1.29 is 4.79 Å². The number of pyridine rings is 1. The van der Waals surface area contributed by atoms with Crippen molar-refractivity contribution in [1.82, 2.24) is 9.88 Å². The second-order valence-corrected chi connectivity index (χ2v) is 5.60. The fourth-order valence-corrected chi connectivity index (χ4v) is 2.61. The van der Waals surface area contributed by atoms with Gasteiger partial charge in [0.1, 0.15) is 5.15 Å². The van der Waals surface area contributed by atoms with Crippen LogP contribution in [0, 0.1) is 0 Å². The van der Waals surface area contributed by atoms with Gasteiger partial charge < -0.3 is 4.90 Å². The quantitative estimate of drug-likeness (QED) is 0.681. The van der Waals surface area contributed by atoms with E-state index in [1.807, 2.05) is 18.2 Å². The molecule has 0 unspecified atom stereocenters. The van der Waals surface area contributed by atoms with Crippen LogP contribution in [-0.2, 0) is 6.54 Å². The summed E-state index contributed by atoms with van der Waals surface area (Å²) in [4.78, 5) is 18.0. The molecule has 1 amide bonds. The lowest BCUT2D eigenvalue weighted by Gasteiger charge is -2.17. The summed E-state index contributed by atoms with van der Waals surface area (Å²) < 4.78 is 0. The molecule has 0 saturated carbocycles. The number of carbonyl (C=O) groups excluding carboxylic acids is 1. The van der Waals surface area contributed by atoms with Gasteiger partial charge in [-0.15, -0.1) is 0 Å². The van der Waals surface area contributed by atoms with Crippen molar-refractivity contribution in [2.75, 3.05) is 7.05 Å². The van der Waals surface area contributed by atoms with E-state index in [1.165, 1.54) is 10.8 Å². The van der Waals surface area contributed by atoms with Gasteiger partial charge in [0.15, 0.2) is 0 Å². The van der Waals surface area contributed by atoms with Crippen LogP contribution in [0.3, 0.4) is 0 Å². The largest absolute Gasteiger partial charge is 0.337 e. The minimum absolute atomic E-state index is 0.0718. The molecule has 0 aliphatic heterocycles. The van der Waals surface area contributed by atoms with Gasteiger partial charge in [-0.2, -0.15) is 0 Å². The molecule has 2 aromatic carbocycles. The molecule has 3 aromatic rings. The summed E-state index contributed by atoms with van der Waals surface area (Å²) in [5, 5.41) is 2.69. The number of amides is 1. The van der Waals surface area contributed by atoms with Crippen molar-refractivity contribution in [3.05, 3.63) is 77.1 Å². The zero-order chi connectivity index (χ0) is 15.5.